The van der Waals surface area contributed by atoms with Gasteiger partial charge in [0.25, 0.3) is 0 Å². The number of nitrogens with zero attached hydrogens (tertiary/aromatic N) is 1. The Bertz CT molecular complexity index is 1180. The number of nitrogens with one attached hydrogen (secondary N) is 2. The lowest BCUT2D eigenvalue weighted by Gasteiger charge is -2.31. The van der Waals surface area contributed by atoms with E-state index in [2.05, 4.69) is 10.6 Å². The smallest absolute Gasteiger partial charge is 0.243 e. The van der Waals surface area contributed by atoms with Crippen LogP contribution in [0.15, 0.2) is 41.3 Å². The minimum atomic E-state index is -3.62. The van der Waals surface area contributed by atoms with E-state index < -0.39 is 16.1 Å². The molecule has 0 unspecified atom stereocenters. The summed E-state index contributed by atoms with van der Waals surface area (Å²) in [5.74, 6) is 1.71. The van der Waals surface area contributed by atoms with Crippen molar-refractivity contribution in [1.29, 1.82) is 0 Å². The quantitative estimate of drug-likeness (QED) is 0.409. The van der Waals surface area contributed by atoms with E-state index in [9.17, 15) is 18.3 Å². The zero-order valence-corrected chi connectivity index (χ0v) is 21.3. The molecule has 10 nitrogen and oxygen atoms in total. The van der Waals surface area contributed by atoms with Crippen LogP contribution in [0.4, 0.5) is 5.69 Å². The summed E-state index contributed by atoms with van der Waals surface area (Å²) < 4.78 is 43.9. The Morgan fingerprint density at radius 3 is 2.58 bits per heavy atom. The lowest BCUT2D eigenvalue weighted by atomic mass is 9.98. The second kappa shape index (κ2) is 11.5. The van der Waals surface area contributed by atoms with Crippen LogP contribution in [-0.2, 0) is 21.2 Å². The Morgan fingerprint density at radius 2 is 1.86 bits per heavy atom. The van der Waals surface area contributed by atoms with Crippen molar-refractivity contribution in [3.63, 3.8) is 0 Å². The van der Waals surface area contributed by atoms with E-state index in [1.54, 1.807) is 12.1 Å². The number of anilines is 1. The van der Waals surface area contributed by atoms with Crippen LogP contribution >= 0.6 is 0 Å². The molecule has 1 saturated heterocycles. The van der Waals surface area contributed by atoms with E-state index in [0.29, 0.717) is 49.3 Å². The van der Waals surface area contributed by atoms with Crippen molar-refractivity contribution in [2.45, 2.75) is 30.3 Å². The van der Waals surface area contributed by atoms with Crippen molar-refractivity contribution < 1.29 is 32.5 Å². The lowest BCUT2D eigenvalue weighted by Crippen LogP contribution is -2.42. The number of carbonyl (C=O) groups excluding carboxylic acids is 1. The van der Waals surface area contributed by atoms with Gasteiger partial charge in [-0.05, 0) is 49.6 Å². The minimum Gasteiger partial charge on any atom is -0.493 e. The van der Waals surface area contributed by atoms with Crippen LogP contribution in [0.5, 0.6) is 17.2 Å². The van der Waals surface area contributed by atoms with E-state index >= 15 is 0 Å². The molecule has 2 aromatic rings. The predicted molar refractivity (Wildman–Crippen MR) is 134 cm³/mol. The molecule has 2 aliphatic rings. The molecule has 0 saturated carbocycles. The van der Waals surface area contributed by atoms with Crippen molar-refractivity contribution in [3.05, 3.63) is 42.0 Å². The molecule has 196 valence electrons. The van der Waals surface area contributed by atoms with Gasteiger partial charge in [-0.25, -0.2) is 8.42 Å². The topological polar surface area (TPSA) is 126 Å². The Kier molecular flexibility index (Phi) is 8.35. The molecule has 2 aliphatic heterocycles. The molecule has 3 N–H and O–H groups in total. The second-order valence-corrected chi connectivity index (χ2v) is 10.9. The fourth-order valence-electron chi connectivity index (χ4n) is 4.53. The monoisotopic (exact) mass is 519 g/mol. The van der Waals surface area contributed by atoms with Gasteiger partial charge in [-0.3, -0.25) is 4.79 Å². The third-order valence-corrected chi connectivity index (χ3v) is 8.45. The third-order valence-electron chi connectivity index (χ3n) is 6.55. The summed E-state index contributed by atoms with van der Waals surface area (Å²) in [6.45, 7) is 2.01. The molecule has 36 heavy (non-hydrogen) atoms. The van der Waals surface area contributed by atoms with Crippen LogP contribution in [-0.4, -0.2) is 76.8 Å². The van der Waals surface area contributed by atoms with Crippen LogP contribution < -0.4 is 24.8 Å². The molecular weight excluding hydrogens is 486 g/mol. The summed E-state index contributed by atoms with van der Waals surface area (Å²) in [6, 6.07) is 10.1. The van der Waals surface area contributed by atoms with E-state index in [1.807, 2.05) is 12.1 Å². The normalized spacial score (nSPS) is 17.4. The van der Waals surface area contributed by atoms with Crippen LogP contribution in [0.25, 0.3) is 0 Å². The first kappa shape index (κ1) is 26.2. The van der Waals surface area contributed by atoms with Gasteiger partial charge < -0.3 is 30.0 Å². The zero-order chi connectivity index (χ0) is 25.7. The first-order valence-corrected chi connectivity index (χ1v) is 13.4. The second-order valence-electron chi connectivity index (χ2n) is 8.99. The number of methoxy groups -OCH3 is 2. The van der Waals surface area contributed by atoms with E-state index in [4.69, 9.17) is 14.2 Å². The van der Waals surface area contributed by atoms with Gasteiger partial charge in [0.2, 0.25) is 15.9 Å². The van der Waals surface area contributed by atoms with Crippen LogP contribution in [0, 0.1) is 5.92 Å². The first-order valence-electron chi connectivity index (χ1n) is 12.0. The van der Waals surface area contributed by atoms with Crippen molar-refractivity contribution in [3.8, 4) is 17.2 Å². The maximum atomic E-state index is 13.1. The highest BCUT2D eigenvalue weighted by Crippen LogP contribution is 2.33. The average Bonchev–Trinajstić information content (AvgIpc) is 3.28. The molecule has 0 bridgehead atoms. The molecular formula is C25H33N3O7S. The van der Waals surface area contributed by atoms with Crippen LogP contribution in [0.2, 0.25) is 0 Å². The molecule has 4 rings (SSSR count). The number of hydrogen-bond donors (Lipinski definition) is 3. The molecule has 11 heteroatoms. The minimum absolute atomic E-state index is 0.0640. The Balaban J connectivity index is 1.20. The van der Waals surface area contributed by atoms with Gasteiger partial charge >= 0.3 is 0 Å². The maximum Gasteiger partial charge on any atom is 0.243 e. The summed E-state index contributed by atoms with van der Waals surface area (Å²) in [4.78, 5) is 11.8. The SMILES string of the molecule is COc1ccc(S(=O)(=O)N2CCC(CNC[C@@H](O)COc3cccc4c3CC(=O)N4)CC2)cc1OC. The number of fused-ring (bicyclic) bond motifs is 1. The molecule has 1 fully saturated rings. The summed E-state index contributed by atoms with van der Waals surface area (Å²) in [7, 11) is -0.642. The Hall–Kier alpha value is -2.86. The molecule has 2 aromatic carbocycles. The van der Waals surface area contributed by atoms with Gasteiger partial charge in [-0.2, -0.15) is 4.31 Å². The number of carbonyl (C=O) groups is 1. The van der Waals surface area contributed by atoms with Gasteiger partial charge in [-0.15, -0.1) is 0 Å². The number of sulfonamides is 1. The van der Waals surface area contributed by atoms with Crippen molar-refractivity contribution in [2.24, 2.45) is 5.92 Å². The largest absolute Gasteiger partial charge is 0.493 e. The van der Waals surface area contributed by atoms with E-state index in [-0.39, 0.29) is 23.8 Å². The lowest BCUT2D eigenvalue weighted by molar-refractivity contribution is -0.115. The number of aliphatic hydroxyl groups is 1. The predicted octanol–water partition coefficient (Wildman–Crippen LogP) is 1.63. The number of benzene rings is 2. The number of hydrogen-bond acceptors (Lipinski definition) is 8. The standard InChI is InChI=1S/C25H33N3O7S/c1-33-23-7-6-19(12-24(23)34-2)36(31,32)28-10-8-17(9-11-28)14-26-15-18(29)16-35-22-5-3-4-21-20(22)13-25(30)27-21/h3-7,12,17-18,26,29H,8-11,13-16H2,1-2H3,(H,27,30)/t18-/m1/s1. The summed E-state index contributed by atoms with van der Waals surface area (Å²) in [5, 5.41) is 16.4. The van der Waals surface area contributed by atoms with Gasteiger partial charge in [0.15, 0.2) is 11.5 Å². The number of aliphatic hydroxyl groups excluding tert-OH is 1. The fourth-order valence-corrected chi connectivity index (χ4v) is 6.02. The highest BCUT2D eigenvalue weighted by molar-refractivity contribution is 7.89. The van der Waals surface area contributed by atoms with Crippen molar-refractivity contribution >= 4 is 21.6 Å². The van der Waals surface area contributed by atoms with Crippen LogP contribution in [0.3, 0.4) is 0 Å². The fraction of sp³-hybridized carbons (Fsp3) is 0.480. The third kappa shape index (κ3) is 5.92. The molecule has 2 heterocycles. The van der Waals surface area contributed by atoms with Crippen molar-refractivity contribution in [1.82, 2.24) is 9.62 Å². The molecule has 0 aliphatic carbocycles. The van der Waals surface area contributed by atoms with Crippen LogP contribution in [0.1, 0.15) is 18.4 Å². The maximum absolute atomic E-state index is 13.1. The average molecular weight is 520 g/mol. The van der Waals surface area contributed by atoms with E-state index in [0.717, 1.165) is 24.1 Å². The first-order chi connectivity index (χ1) is 17.3. The summed E-state index contributed by atoms with van der Waals surface area (Å²) in [6.07, 6.45) is 1.02. The number of amides is 1. The number of piperidine rings is 1. The van der Waals surface area contributed by atoms with Gasteiger partial charge in [-0.1, -0.05) is 6.07 Å². The van der Waals surface area contributed by atoms with E-state index in [1.165, 1.54) is 30.7 Å². The van der Waals surface area contributed by atoms with Crippen molar-refractivity contribution in [2.75, 3.05) is 52.3 Å². The Labute approximate surface area is 211 Å². The zero-order valence-electron chi connectivity index (χ0n) is 20.5. The molecule has 1 atom stereocenters. The molecule has 0 aromatic heterocycles. The van der Waals surface area contributed by atoms with Gasteiger partial charge in [0.1, 0.15) is 18.5 Å². The molecule has 0 radical (unpaired) electrons. The number of ether oxygens (including phenoxy) is 3. The summed E-state index contributed by atoms with van der Waals surface area (Å²) in [5.41, 5.74) is 1.57. The highest BCUT2D eigenvalue weighted by atomic mass is 32.2. The van der Waals surface area contributed by atoms with Gasteiger partial charge in [0.05, 0.1) is 25.5 Å². The number of rotatable bonds is 11. The summed E-state index contributed by atoms with van der Waals surface area (Å²) >= 11 is 0. The highest BCUT2D eigenvalue weighted by Gasteiger charge is 2.30. The Morgan fingerprint density at radius 1 is 1.11 bits per heavy atom. The molecule has 0 spiro atoms. The van der Waals surface area contributed by atoms with Gasteiger partial charge in [0, 0.05) is 37.0 Å². The molecule has 1 amide bonds.